The third-order valence-electron chi connectivity index (χ3n) is 1.56. The van der Waals surface area contributed by atoms with Gasteiger partial charge in [0.25, 0.3) is 5.88 Å². The van der Waals surface area contributed by atoms with Crippen molar-refractivity contribution in [3.63, 3.8) is 0 Å². The molecule has 2 aromatic heterocycles. The highest BCUT2D eigenvalue weighted by atomic mass is 35.5. The van der Waals surface area contributed by atoms with Crippen LogP contribution in [0.4, 0.5) is 0 Å². The van der Waals surface area contributed by atoms with Crippen molar-refractivity contribution in [2.45, 2.75) is 6.92 Å². The van der Waals surface area contributed by atoms with Gasteiger partial charge in [-0.1, -0.05) is 11.6 Å². The monoisotopic (exact) mass is 198 g/mol. The second-order valence-corrected chi connectivity index (χ2v) is 2.71. The molecule has 0 spiro atoms. The molecule has 0 amide bonds. The molecule has 13 heavy (non-hydrogen) atoms. The number of nitrogens with one attached hydrogen (secondary N) is 1. The Morgan fingerprint density at radius 1 is 1.54 bits per heavy atom. The van der Waals surface area contributed by atoms with Crippen LogP contribution < -0.4 is 4.74 Å². The number of rotatable bonds is 2. The predicted molar refractivity (Wildman–Crippen MR) is 47.9 cm³/mol. The minimum absolute atomic E-state index is 0.278. The third kappa shape index (κ3) is 1.31. The van der Waals surface area contributed by atoms with E-state index in [-0.39, 0.29) is 5.15 Å². The van der Waals surface area contributed by atoms with E-state index in [1.807, 2.05) is 6.92 Å². The number of ether oxygens (including phenoxy) is 1. The lowest BCUT2D eigenvalue weighted by atomic mass is 10.4. The SMILES string of the molecule is CCOc1nnc(Cl)c2nc[nH]c12. The van der Waals surface area contributed by atoms with Crippen LogP contribution in [-0.2, 0) is 0 Å². The van der Waals surface area contributed by atoms with E-state index in [0.717, 1.165) is 0 Å². The Morgan fingerprint density at radius 3 is 3.15 bits per heavy atom. The van der Waals surface area contributed by atoms with Gasteiger partial charge in [0.15, 0.2) is 5.15 Å². The van der Waals surface area contributed by atoms with E-state index >= 15 is 0 Å². The Kier molecular flexibility index (Phi) is 2.02. The van der Waals surface area contributed by atoms with Crippen molar-refractivity contribution >= 4 is 22.6 Å². The van der Waals surface area contributed by atoms with E-state index in [2.05, 4.69) is 20.2 Å². The van der Waals surface area contributed by atoms with Gasteiger partial charge in [0.1, 0.15) is 11.0 Å². The van der Waals surface area contributed by atoms with Gasteiger partial charge in [0.05, 0.1) is 12.9 Å². The molecule has 2 rings (SSSR count). The first-order chi connectivity index (χ1) is 6.33. The van der Waals surface area contributed by atoms with Crippen LogP contribution in [0.2, 0.25) is 5.15 Å². The number of halogens is 1. The molecule has 0 aliphatic heterocycles. The summed E-state index contributed by atoms with van der Waals surface area (Å²) in [5.74, 6) is 0.430. The molecular formula is C7H7ClN4O. The van der Waals surface area contributed by atoms with Crippen LogP contribution in [0.1, 0.15) is 6.92 Å². The molecule has 0 aliphatic carbocycles. The molecule has 0 fully saturated rings. The summed E-state index contributed by atoms with van der Waals surface area (Å²) >= 11 is 5.76. The summed E-state index contributed by atoms with van der Waals surface area (Å²) in [5.41, 5.74) is 1.27. The average Bonchev–Trinajstić information content (AvgIpc) is 2.59. The molecule has 1 N–H and O–H groups in total. The minimum atomic E-state index is 0.278. The van der Waals surface area contributed by atoms with E-state index in [1.165, 1.54) is 6.33 Å². The first kappa shape index (κ1) is 8.25. The van der Waals surface area contributed by atoms with Crippen molar-refractivity contribution in [1.82, 2.24) is 20.2 Å². The Hall–Kier alpha value is -1.36. The highest BCUT2D eigenvalue weighted by Crippen LogP contribution is 2.23. The zero-order valence-corrected chi connectivity index (χ0v) is 7.67. The Bertz CT molecular complexity index is 427. The van der Waals surface area contributed by atoms with Gasteiger partial charge >= 0.3 is 0 Å². The molecule has 0 aliphatic rings. The highest BCUT2D eigenvalue weighted by molar-refractivity contribution is 6.33. The van der Waals surface area contributed by atoms with Crippen LogP contribution in [-0.4, -0.2) is 26.8 Å². The van der Waals surface area contributed by atoms with Crippen molar-refractivity contribution in [3.05, 3.63) is 11.5 Å². The molecule has 0 saturated carbocycles. The minimum Gasteiger partial charge on any atom is -0.475 e. The summed E-state index contributed by atoms with van der Waals surface area (Å²) < 4.78 is 5.23. The van der Waals surface area contributed by atoms with Crippen molar-refractivity contribution in [2.75, 3.05) is 6.61 Å². The smallest absolute Gasteiger partial charge is 0.259 e. The van der Waals surface area contributed by atoms with Crippen LogP contribution in [0.25, 0.3) is 11.0 Å². The van der Waals surface area contributed by atoms with Gasteiger partial charge in [-0.2, -0.15) is 0 Å². The molecule has 2 heterocycles. The molecule has 0 atom stereocenters. The zero-order valence-electron chi connectivity index (χ0n) is 6.91. The van der Waals surface area contributed by atoms with E-state index in [1.54, 1.807) is 0 Å². The van der Waals surface area contributed by atoms with E-state index < -0.39 is 0 Å². The van der Waals surface area contributed by atoms with Crippen LogP contribution in [0.3, 0.4) is 0 Å². The standard InChI is InChI=1S/C7H7ClN4O/c1-2-13-7-5-4(9-3-10-5)6(8)11-12-7/h3H,2H2,1H3,(H,9,10). The summed E-state index contributed by atoms with van der Waals surface area (Å²) in [6, 6.07) is 0. The summed E-state index contributed by atoms with van der Waals surface area (Å²) in [4.78, 5) is 6.88. The van der Waals surface area contributed by atoms with E-state index in [0.29, 0.717) is 23.5 Å². The second kappa shape index (κ2) is 3.18. The normalized spacial score (nSPS) is 10.6. The Balaban J connectivity index is 2.64. The van der Waals surface area contributed by atoms with Crippen LogP contribution in [0, 0.1) is 0 Å². The lowest BCUT2D eigenvalue weighted by molar-refractivity contribution is 0.326. The maximum atomic E-state index is 5.76. The van der Waals surface area contributed by atoms with Gasteiger partial charge in [0, 0.05) is 0 Å². The molecule has 0 radical (unpaired) electrons. The number of imidazole rings is 1. The Labute approximate surface area is 79.1 Å². The zero-order chi connectivity index (χ0) is 9.26. The maximum Gasteiger partial charge on any atom is 0.259 e. The molecular weight excluding hydrogens is 192 g/mol. The van der Waals surface area contributed by atoms with Crippen molar-refractivity contribution in [3.8, 4) is 5.88 Å². The molecule has 0 bridgehead atoms. The Morgan fingerprint density at radius 2 is 2.38 bits per heavy atom. The quantitative estimate of drug-likeness (QED) is 0.793. The summed E-state index contributed by atoms with van der Waals surface area (Å²) in [7, 11) is 0. The lowest BCUT2D eigenvalue weighted by Gasteiger charge is -2.01. The van der Waals surface area contributed by atoms with Gasteiger partial charge in [-0.3, -0.25) is 0 Å². The largest absolute Gasteiger partial charge is 0.475 e. The van der Waals surface area contributed by atoms with Crippen LogP contribution in [0.5, 0.6) is 5.88 Å². The number of aromatic amines is 1. The lowest BCUT2D eigenvalue weighted by Crippen LogP contribution is -1.97. The van der Waals surface area contributed by atoms with Gasteiger partial charge in [-0.05, 0) is 6.92 Å². The van der Waals surface area contributed by atoms with Crippen molar-refractivity contribution in [1.29, 1.82) is 0 Å². The number of H-pyrrole nitrogens is 1. The molecule has 2 aromatic rings. The number of aromatic nitrogens is 4. The van der Waals surface area contributed by atoms with E-state index in [4.69, 9.17) is 16.3 Å². The van der Waals surface area contributed by atoms with Gasteiger partial charge in [0.2, 0.25) is 0 Å². The van der Waals surface area contributed by atoms with Gasteiger partial charge < -0.3 is 9.72 Å². The molecule has 6 heteroatoms. The molecule has 0 aromatic carbocycles. The van der Waals surface area contributed by atoms with Crippen molar-refractivity contribution in [2.24, 2.45) is 0 Å². The third-order valence-corrected chi connectivity index (χ3v) is 1.81. The molecule has 5 nitrogen and oxygen atoms in total. The summed E-state index contributed by atoms with van der Waals surface area (Å²) in [6.07, 6.45) is 1.53. The molecule has 0 unspecified atom stereocenters. The number of hydrogen-bond acceptors (Lipinski definition) is 4. The van der Waals surface area contributed by atoms with Crippen LogP contribution >= 0.6 is 11.6 Å². The van der Waals surface area contributed by atoms with Crippen molar-refractivity contribution < 1.29 is 4.74 Å². The fourth-order valence-corrected chi connectivity index (χ4v) is 1.22. The predicted octanol–water partition coefficient (Wildman–Crippen LogP) is 1.40. The van der Waals surface area contributed by atoms with Crippen LogP contribution in [0.15, 0.2) is 6.33 Å². The summed E-state index contributed by atoms with van der Waals surface area (Å²) in [5, 5.41) is 7.78. The molecule has 68 valence electrons. The topological polar surface area (TPSA) is 63.7 Å². The average molecular weight is 199 g/mol. The van der Waals surface area contributed by atoms with Gasteiger partial charge in [-0.15, -0.1) is 10.2 Å². The fourth-order valence-electron chi connectivity index (χ4n) is 1.04. The first-order valence-corrected chi connectivity index (χ1v) is 4.18. The molecule has 0 saturated heterocycles. The number of fused-ring (bicyclic) bond motifs is 1. The number of hydrogen-bond donors (Lipinski definition) is 1. The first-order valence-electron chi connectivity index (χ1n) is 3.81. The second-order valence-electron chi connectivity index (χ2n) is 2.36. The number of nitrogens with zero attached hydrogens (tertiary/aromatic N) is 3. The summed E-state index contributed by atoms with van der Waals surface area (Å²) in [6.45, 7) is 2.41. The highest BCUT2D eigenvalue weighted by Gasteiger charge is 2.10. The fraction of sp³-hybridized carbons (Fsp3) is 0.286. The van der Waals surface area contributed by atoms with E-state index in [9.17, 15) is 0 Å². The van der Waals surface area contributed by atoms with Gasteiger partial charge in [-0.25, -0.2) is 4.98 Å². The maximum absolute atomic E-state index is 5.76.